The van der Waals surface area contributed by atoms with Crippen molar-refractivity contribution in [2.75, 3.05) is 13.4 Å². The highest BCUT2D eigenvalue weighted by molar-refractivity contribution is 5.44. The van der Waals surface area contributed by atoms with Gasteiger partial charge >= 0.3 is 0 Å². The molecule has 1 aliphatic rings. The highest BCUT2D eigenvalue weighted by Gasteiger charge is 2.15. The van der Waals surface area contributed by atoms with Gasteiger partial charge in [-0.1, -0.05) is 24.1 Å². The van der Waals surface area contributed by atoms with Crippen molar-refractivity contribution in [3.63, 3.8) is 0 Å². The van der Waals surface area contributed by atoms with Crippen LogP contribution in [0.3, 0.4) is 0 Å². The number of hydrogen-bond acceptors (Lipinski definition) is 5. The van der Waals surface area contributed by atoms with Crippen molar-refractivity contribution in [1.82, 2.24) is 9.88 Å². The lowest BCUT2D eigenvalue weighted by Crippen LogP contribution is -2.22. The second-order valence-electron chi connectivity index (χ2n) is 6.83. The average molecular weight is 386 g/mol. The Morgan fingerprint density at radius 3 is 2.48 bits per heavy atom. The molecule has 2 aromatic carbocycles. The molecule has 0 bridgehead atoms. The minimum absolute atomic E-state index is 0.265. The molecule has 0 amide bonds. The van der Waals surface area contributed by atoms with Crippen molar-refractivity contribution in [1.29, 1.82) is 0 Å². The van der Waals surface area contributed by atoms with E-state index in [1.165, 1.54) is 11.1 Å². The summed E-state index contributed by atoms with van der Waals surface area (Å²) >= 11 is 0. The molecule has 2 heterocycles. The van der Waals surface area contributed by atoms with Gasteiger partial charge in [0.25, 0.3) is 0 Å². The molecular weight excluding hydrogens is 364 g/mol. The number of hydrogen-bond donors (Lipinski definition) is 0. The first kappa shape index (κ1) is 18.9. The fourth-order valence-corrected chi connectivity index (χ4v) is 3.33. The zero-order chi connectivity index (χ0) is 19.9. The van der Waals surface area contributed by atoms with Gasteiger partial charge in [-0.25, -0.2) is 0 Å². The third-order valence-electron chi connectivity index (χ3n) is 4.63. The maximum absolute atomic E-state index is 5.57. The van der Waals surface area contributed by atoms with Gasteiger partial charge in [0.1, 0.15) is 12.4 Å². The molecule has 1 aliphatic heterocycles. The van der Waals surface area contributed by atoms with Crippen LogP contribution in [0.25, 0.3) is 0 Å². The lowest BCUT2D eigenvalue weighted by molar-refractivity contribution is 0.174. The predicted octanol–water partition coefficient (Wildman–Crippen LogP) is 4.02. The van der Waals surface area contributed by atoms with Crippen molar-refractivity contribution in [2.24, 2.45) is 0 Å². The predicted molar refractivity (Wildman–Crippen MR) is 111 cm³/mol. The van der Waals surface area contributed by atoms with E-state index < -0.39 is 0 Å². The summed E-state index contributed by atoms with van der Waals surface area (Å²) in [4.78, 5) is 6.49. The molecule has 0 N–H and O–H groups in total. The number of aromatic nitrogens is 1. The molecular formula is C24H22N2O3. The maximum Gasteiger partial charge on any atom is 0.231 e. The molecule has 0 radical (unpaired) electrons. The van der Waals surface area contributed by atoms with Crippen molar-refractivity contribution in [3.05, 3.63) is 83.7 Å². The van der Waals surface area contributed by atoms with E-state index in [0.29, 0.717) is 0 Å². The van der Waals surface area contributed by atoms with E-state index in [4.69, 9.17) is 20.6 Å². The van der Waals surface area contributed by atoms with Crippen LogP contribution in [0.4, 0.5) is 0 Å². The second kappa shape index (κ2) is 9.13. The molecule has 4 rings (SSSR count). The standard InChI is InChI=1S/C24H22N2O3/c1-2-12-27-22-5-3-4-20(13-22)16-26(15-19-8-10-25-11-9-19)17-21-6-7-23-24(14-21)29-18-28-23/h1,3-11,13-14H,12,15-18H2. The second-order valence-corrected chi connectivity index (χ2v) is 6.83. The first-order valence-electron chi connectivity index (χ1n) is 9.45. The number of terminal acetylenes is 1. The number of benzene rings is 2. The number of ether oxygens (including phenoxy) is 3. The number of rotatable bonds is 8. The molecule has 0 unspecified atom stereocenters. The van der Waals surface area contributed by atoms with Gasteiger partial charge in [-0.3, -0.25) is 9.88 Å². The monoisotopic (exact) mass is 386 g/mol. The van der Waals surface area contributed by atoms with Gasteiger partial charge in [-0.05, 0) is 53.1 Å². The van der Waals surface area contributed by atoms with Crippen LogP contribution in [-0.2, 0) is 19.6 Å². The third-order valence-corrected chi connectivity index (χ3v) is 4.63. The van der Waals surface area contributed by atoms with Crippen LogP contribution in [0.2, 0.25) is 0 Å². The fourth-order valence-electron chi connectivity index (χ4n) is 3.33. The number of nitrogens with zero attached hydrogens (tertiary/aromatic N) is 2. The van der Waals surface area contributed by atoms with E-state index in [-0.39, 0.29) is 13.4 Å². The highest BCUT2D eigenvalue weighted by atomic mass is 16.7. The molecule has 5 nitrogen and oxygen atoms in total. The summed E-state index contributed by atoms with van der Waals surface area (Å²) in [6.07, 6.45) is 8.94. The van der Waals surface area contributed by atoms with Gasteiger partial charge < -0.3 is 14.2 Å². The zero-order valence-electron chi connectivity index (χ0n) is 16.1. The molecule has 0 saturated carbocycles. The summed E-state index contributed by atoms with van der Waals surface area (Å²) in [6, 6.07) is 18.2. The summed E-state index contributed by atoms with van der Waals surface area (Å²) in [5.41, 5.74) is 3.54. The van der Waals surface area contributed by atoms with Crippen molar-refractivity contribution in [2.45, 2.75) is 19.6 Å². The minimum atomic E-state index is 0.265. The van der Waals surface area contributed by atoms with Gasteiger partial charge in [-0.2, -0.15) is 0 Å². The van der Waals surface area contributed by atoms with Gasteiger partial charge in [-0.15, -0.1) is 6.42 Å². The number of fused-ring (bicyclic) bond motifs is 1. The quantitative estimate of drug-likeness (QED) is 0.547. The van der Waals surface area contributed by atoms with Crippen molar-refractivity contribution in [3.8, 4) is 29.6 Å². The summed E-state index contributed by atoms with van der Waals surface area (Å²) in [5.74, 6) is 4.89. The summed E-state index contributed by atoms with van der Waals surface area (Å²) in [7, 11) is 0. The first-order valence-corrected chi connectivity index (χ1v) is 9.45. The Morgan fingerprint density at radius 1 is 0.897 bits per heavy atom. The Kier molecular flexibility index (Phi) is 5.94. The van der Waals surface area contributed by atoms with Crippen LogP contribution < -0.4 is 14.2 Å². The first-order chi connectivity index (χ1) is 14.3. The van der Waals surface area contributed by atoms with E-state index in [1.807, 2.05) is 54.9 Å². The molecule has 0 spiro atoms. The van der Waals surface area contributed by atoms with Crippen LogP contribution in [0.5, 0.6) is 17.2 Å². The Balaban J connectivity index is 1.53. The summed E-state index contributed by atoms with van der Waals surface area (Å²) in [6.45, 7) is 2.89. The van der Waals surface area contributed by atoms with Crippen LogP contribution in [0.1, 0.15) is 16.7 Å². The summed E-state index contributed by atoms with van der Waals surface area (Å²) < 4.78 is 16.5. The molecule has 0 atom stereocenters. The van der Waals surface area contributed by atoms with Crippen LogP contribution in [-0.4, -0.2) is 23.3 Å². The van der Waals surface area contributed by atoms with E-state index in [0.717, 1.165) is 42.4 Å². The SMILES string of the molecule is C#CCOc1cccc(CN(Cc2ccncc2)Cc2ccc3c(c2)OCO3)c1. The van der Waals surface area contributed by atoms with Crippen LogP contribution in [0.15, 0.2) is 67.0 Å². The van der Waals surface area contributed by atoms with Crippen molar-refractivity contribution < 1.29 is 14.2 Å². The molecule has 0 saturated heterocycles. The average Bonchev–Trinajstić information content (AvgIpc) is 3.21. The van der Waals surface area contributed by atoms with E-state index in [1.54, 1.807) is 0 Å². The third kappa shape index (κ3) is 5.07. The Morgan fingerprint density at radius 2 is 1.66 bits per heavy atom. The van der Waals surface area contributed by atoms with Gasteiger partial charge in [0.05, 0.1) is 0 Å². The Labute approximate surface area is 170 Å². The van der Waals surface area contributed by atoms with E-state index in [2.05, 4.69) is 27.9 Å². The van der Waals surface area contributed by atoms with Crippen molar-refractivity contribution >= 4 is 0 Å². The fraction of sp³-hybridized carbons (Fsp3) is 0.208. The number of pyridine rings is 1. The Bertz CT molecular complexity index is 999. The lowest BCUT2D eigenvalue weighted by atomic mass is 10.1. The molecule has 146 valence electrons. The van der Waals surface area contributed by atoms with Crippen LogP contribution >= 0.6 is 0 Å². The van der Waals surface area contributed by atoms with Gasteiger partial charge in [0.15, 0.2) is 11.5 Å². The highest BCUT2D eigenvalue weighted by Crippen LogP contribution is 2.33. The zero-order valence-corrected chi connectivity index (χ0v) is 16.1. The largest absolute Gasteiger partial charge is 0.481 e. The molecule has 1 aromatic heterocycles. The topological polar surface area (TPSA) is 43.8 Å². The Hall–Kier alpha value is -3.49. The summed E-state index contributed by atoms with van der Waals surface area (Å²) in [5, 5.41) is 0. The smallest absolute Gasteiger partial charge is 0.231 e. The molecule has 3 aromatic rings. The molecule has 29 heavy (non-hydrogen) atoms. The minimum Gasteiger partial charge on any atom is -0.481 e. The van der Waals surface area contributed by atoms with E-state index in [9.17, 15) is 0 Å². The maximum atomic E-state index is 5.57. The van der Waals surface area contributed by atoms with Gasteiger partial charge in [0, 0.05) is 32.0 Å². The lowest BCUT2D eigenvalue weighted by Gasteiger charge is -2.23. The molecule has 5 heteroatoms. The molecule has 0 fully saturated rings. The van der Waals surface area contributed by atoms with E-state index >= 15 is 0 Å². The normalized spacial score (nSPS) is 12.0. The van der Waals surface area contributed by atoms with Gasteiger partial charge in [0.2, 0.25) is 6.79 Å². The van der Waals surface area contributed by atoms with Crippen LogP contribution in [0, 0.1) is 12.3 Å². The molecule has 0 aliphatic carbocycles.